The fourth-order valence-corrected chi connectivity index (χ4v) is 2.23. The summed E-state index contributed by atoms with van der Waals surface area (Å²) in [6.45, 7) is 1.75. The zero-order chi connectivity index (χ0) is 16.3. The molecule has 5 N–H and O–H groups in total. The Balaban J connectivity index is 2.39. The number of aromatic nitrogens is 1. The largest absolute Gasteiger partial charge is 0.399 e. The number of benzene rings is 1. The highest BCUT2D eigenvalue weighted by molar-refractivity contribution is 5.95. The molecule has 0 aliphatic rings. The summed E-state index contributed by atoms with van der Waals surface area (Å²) >= 11 is 0. The average molecular weight is 304 g/mol. The van der Waals surface area contributed by atoms with Crippen LogP contribution in [0.15, 0.2) is 29.1 Å². The molecular formula is C15H20N4O3. The first-order valence-electron chi connectivity index (χ1n) is 6.98. The third kappa shape index (κ3) is 3.20. The van der Waals surface area contributed by atoms with Gasteiger partial charge in [-0.2, -0.15) is 0 Å². The average Bonchev–Trinajstić information content (AvgIpc) is 2.49. The molecule has 0 unspecified atom stereocenters. The Bertz CT molecular complexity index is 754. The molecule has 0 bridgehead atoms. The van der Waals surface area contributed by atoms with Gasteiger partial charge in [-0.15, -0.1) is 0 Å². The van der Waals surface area contributed by atoms with Gasteiger partial charge in [0.05, 0.1) is 12.1 Å². The van der Waals surface area contributed by atoms with Crippen molar-refractivity contribution >= 4 is 28.2 Å². The highest BCUT2D eigenvalue weighted by Crippen LogP contribution is 2.24. The number of aliphatic hydroxyl groups is 1. The molecule has 7 heteroatoms. The molecule has 0 radical (unpaired) electrons. The molecule has 2 rings (SSSR count). The van der Waals surface area contributed by atoms with E-state index in [2.05, 4.69) is 10.6 Å². The summed E-state index contributed by atoms with van der Waals surface area (Å²) in [5, 5.41) is 15.1. The van der Waals surface area contributed by atoms with E-state index in [-0.39, 0.29) is 24.6 Å². The number of aryl methyl sites for hydroxylation is 1. The maximum Gasteiger partial charge on any atom is 0.252 e. The number of amides is 1. The quantitative estimate of drug-likeness (QED) is 0.583. The molecule has 0 saturated heterocycles. The van der Waals surface area contributed by atoms with Gasteiger partial charge >= 0.3 is 0 Å². The highest BCUT2D eigenvalue weighted by atomic mass is 16.3. The Hall–Kier alpha value is -2.54. The first-order chi connectivity index (χ1) is 10.4. The fourth-order valence-electron chi connectivity index (χ4n) is 2.23. The summed E-state index contributed by atoms with van der Waals surface area (Å²) in [4.78, 5) is 23.9. The third-order valence-electron chi connectivity index (χ3n) is 3.45. The first kappa shape index (κ1) is 15.8. The zero-order valence-corrected chi connectivity index (χ0v) is 12.6. The number of anilines is 2. The molecule has 1 amide bonds. The first-order valence-corrected chi connectivity index (χ1v) is 6.98. The van der Waals surface area contributed by atoms with Crippen molar-refractivity contribution in [3.05, 3.63) is 34.6 Å². The molecule has 1 aromatic heterocycles. The molecule has 22 heavy (non-hydrogen) atoms. The Kier molecular flexibility index (Phi) is 4.67. The van der Waals surface area contributed by atoms with Gasteiger partial charge < -0.3 is 26.0 Å². The van der Waals surface area contributed by atoms with E-state index in [0.717, 1.165) is 10.9 Å². The number of nitrogens with two attached hydrogens (primary N) is 1. The number of carbonyl (C=O) groups excluding carboxylic acids is 1. The molecule has 7 nitrogen and oxygen atoms in total. The number of fused-ring (bicyclic) bond motifs is 1. The second kappa shape index (κ2) is 6.48. The zero-order valence-electron chi connectivity index (χ0n) is 12.6. The number of nitrogens with one attached hydrogen (secondary N) is 2. The van der Waals surface area contributed by atoms with E-state index in [9.17, 15) is 9.59 Å². The van der Waals surface area contributed by atoms with Crippen LogP contribution in [0.5, 0.6) is 0 Å². The Morgan fingerprint density at radius 2 is 2.14 bits per heavy atom. The molecular weight excluding hydrogens is 284 g/mol. The van der Waals surface area contributed by atoms with Gasteiger partial charge in [0, 0.05) is 36.4 Å². The molecule has 1 aromatic carbocycles. The van der Waals surface area contributed by atoms with Crippen LogP contribution < -0.4 is 21.9 Å². The number of hydrogen-bond acceptors (Lipinski definition) is 5. The Labute approximate surface area is 127 Å². The van der Waals surface area contributed by atoms with Gasteiger partial charge in [0.15, 0.2) is 0 Å². The molecule has 0 fully saturated rings. The van der Waals surface area contributed by atoms with Gasteiger partial charge in [-0.05, 0) is 25.1 Å². The lowest BCUT2D eigenvalue weighted by atomic mass is 10.1. The number of aliphatic hydroxyl groups excluding tert-OH is 1. The van der Waals surface area contributed by atoms with E-state index in [1.165, 1.54) is 10.6 Å². The normalized spacial score (nSPS) is 12.1. The van der Waals surface area contributed by atoms with E-state index in [1.807, 2.05) is 0 Å². The monoisotopic (exact) mass is 304 g/mol. The third-order valence-corrected chi connectivity index (χ3v) is 3.45. The van der Waals surface area contributed by atoms with Crippen molar-refractivity contribution in [3.63, 3.8) is 0 Å². The number of pyridine rings is 1. The highest BCUT2D eigenvalue weighted by Gasteiger charge is 2.14. The minimum atomic E-state index is -0.553. The number of carbonyl (C=O) groups is 1. The molecule has 0 saturated carbocycles. The summed E-state index contributed by atoms with van der Waals surface area (Å²) in [5.74, 6) is -0.258. The maximum absolute atomic E-state index is 12.0. The molecule has 1 atom stereocenters. The number of rotatable bonds is 5. The predicted molar refractivity (Wildman–Crippen MR) is 86.8 cm³/mol. The van der Waals surface area contributed by atoms with Crippen LogP contribution >= 0.6 is 0 Å². The van der Waals surface area contributed by atoms with Gasteiger partial charge in [0.1, 0.15) is 6.04 Å². The summed E-state index contributed by atoms with van der Waals surface area (Å²) in [6.07, 6.45) is 0. The van der Waals surface area contributed by atoms with Crippen LogP contribution in [0.2, 0.25) is 0 Å². The van der Waals surface area contributed by atoms with Gasteiger partial charge in [0.2, 0.25) is 5.91 Å². The number of nitrogens with zero attached hydrogens (tertiary/aromatic N) is 1. The molecule has 0 aliphatic heterocycles. The topological polar surface area (TPSA) is 109 Å². The van der Waals surface area contributed by atoms with E-state index >= 15 is 0 Å². The Morgan fingerprint density at radius 1 is 1.41 bits per heavy atom. The lowest BCUT2D eigenvalue weighted by Gasteiger charge is -2.17. The van der Waals surface area contributed by atoms with E-state index in [0.29, 0.717) is 11.4 Å². The fraction of sp³-hybridized carbons (Fsp3) is 0.333. The van der Waals surface area contributed by atoms with Crippen molar-refractivity contribution in [1.82, 2.24) is 9.88 Å². The van der Waals surface area contributed by atoms with Crippen LogP contribution in [-0.4, -0.2) is 34.8 Å². The second-order valence-electron chi connectivity index (χ2n) is 5.11. The maximum atomic E-state index is 12.0. The van der Waals surface area contributed by atoms with Crippen molar-refractivity contribution < 1.29 is 9.90 Å². The SMILES string of the molecule is C[C@@H](Nc1cc(=O)n(C)c2ccc(N)cc12)C(=O)NCCO. The van der Waals surface area contributed by atoms with Gasteiger partial charge in [-0.1, -0.05) is 0 Å². The summed E-state index contributed by atoms with van der Waals surface area (Å²) in [7, 11) is 1.68. The number of nitrogen functional groups attached to an aromatic ring is 1. The molecule has 0 aliphatic carbocycles. The lowest BCUT2D eigenvalue weighted by Crippen LogP contribution is -2.39. The van der Waals surface area contributed by atoms with Crippen LogP contribution in [0.1, 0.15) is 6.92 Å². The van der Waals surface area contributed by atoms with Crippen molar-refractivity contribution in [2.24, 2.45) is 7.05 Å². The summed E-state index contributed by atoms with van der Waals surface area (Å²) in [5.41, 5.74) is 7.49. The summed E-state index contributed by atoms with van der Waals surface area (Å²) in [6, 6.07) is 6.15. The van der Waals surface area contributed by atoms with Crippen LogP contribution in [0.4, 0.5) is 11.4 Å². The second-order valence-corrected chi connectivity index (χ2v) is 5.11. The van der Waals surface area contributed by atoms with E-state index in [4.69, 9.17) is 10.8 Å². The lowest BCUT2D eigenvalue weighted by molar-refractivity contribution is -0.121. The van der Waals surface area contributed by atoms with Gasteiger partial charge in [-0.3, -0.25) is 9.59 Å². The van der Waals surface area contributed by atoms with E-state index in [1.54, 1.807) is 32.2 Å². The van der Waals surface area contributed by atoms with Crippen molar-refractivity contribution in [2.75, 3.05) is 24.2 Å². The molecule has 0 spiro atoms. The van der Waals surface area contributed by atoms with Crippen molar-refractivity contribution in [1.29, 1.82) is 0 Å². The predicted octanol–water partition coefficient (Wildman–Crippen LogP) is 0.0296. The summed E-state index contributed by atoms with van der Waals surface area (Å²) < 4.78 is 1.52. The molecule has 1 heterocycles. The number of hydrogen-bond donors (Lipinski definition) is 4. The van der Waals surface area contributed by atoms with Crippen molar-refractivity contribution in [3.8, 4) is 0 Å². The van der Waals surface area contributed by atoms with Crippen LogP contribution in [-0.2, 0) is 11.8 Å². The van der Waals surface area contributed by atoms with Gasteiger partial charge in [-0.25, -0.2) is 0 Å². The molecule has 2 aromatic rings. The van der Waals surface area contributed by atoms with Crippen LogP contribution in [0.25, 0.3) is 10.9 Å². The molecule has 118 valence electrons. The smallest absolute Gasteiger partial charge is 0.252 e. The van der Waals surface area contributed by atoms with Crippen LogP contribution in [0.3, 0.4) is 0 Å². The van der Waals surface area contributed by atoms with Crippen LogP contribution in [0, 0.1) is 0 Å². The van der Waals surface area contributed by atoms with E-state index < -0.39 is 6.04 Å². The van der Waals surface area contributed by atoms with Gasteiger partial charge in [0.25, 0.3) is 5.56 Å². The Morgan fingerprint density at radius 3 is 2.82 bits per heavy atom. The van der Waals surface area contributed by atoms with Crippen molar-refractivity contribution in [2.45, 2.75) is 13.0 Å². The standard InChI is InChI=1S/C15H20N4O3/c1-9(15(22)17-5-6-20)18-12-8-14(21)19(2)13-4-3-10(16)7-11(12)13/h3-4,7-9,18,20H,5-6,16H2,1-2H3,(H,17,22)/t9-/m1/s1. The minimum absolute atomic E-state index is 0.121. The minimum Gasteiger partial charge on any atom is -0.399 e.